The van der Waals surface area contributed by atoms with Gasteiger partial charge in [0.2, 0.25) is 0 Å². The standard InChI is InChI=1S/C25H32N6O2/c1-19-6-7-23(24(10-19)33-16-22-8-9-32-15-22)13-29-25(26-2)28-12-20-4-3-5-21(11-20)14-31-18-27-17-30-31/h3-7,10-11,17-18,22H,8-9,12-16H2,1-2H3,(H2,26,28,29). The van der Waals surface area contributed by atoms with E-state index in [1.54, 1.807) is 19.7 Å². The highest BCUT2D eigenvalue weighted by Gasteiger charge is 2.17. The molecule has 0 spiro atoms. The van der Waals surface area contributed by atoms with Crippen LogP contribution in [-0.2, 0) is 24.4 Å². The molecule has 3 aromatic rings. The van der Waals surface area contributed by atoms with Crippen molar-refractivity contribution >= 4 is 5.96 Å². The van der Waals surface area contributed by atoms with Gasteiger partial charge in [-0.05, 0) is 36.1 Å². The third kappa shape index (κ3) is 6.79. The van der Waals surface area contributed by atoms with Crippen LogP contribution < -0.4 is 15.4 Å². The molecular weight excluding hydrogens is 416 g/mol. The van der Waals surface area contributed by atoms with E-state index in [1.165, 1.54) is 16.7 Å². The molecule has 2 heterocycles. The van der Waals surface area contributed by atoms with E-state index in [9.17, 15) is 0 Å². The van der Waals surface area contributed by atoms with Crippen molar-refractivity contribution < 1.29 is 9.47 Å². The predicted octanol–water partition coefficient (Wildman–Crippen LogP) is 2.92. The molecule has 2 aromatic carbocycles. The van der Waals surface area contributed by atoms with Crippen molar-refractivity contribution in [3.05, 3.63) is 77.4 Å². The molecule has 1 atom stereocenters. The van der Waals surface area contributed by atoms with Crippen LogP contribution in [0.2, 0.25) is 0 Å². The van der Waals surface area contributed by atoms with Gasteiger partial charge in [0.1, 0.15) is 18.4 Å². The minimum absolute atomic E-state index is 0.473. The number of rotatable bonds is 9. The Morgan fingerprint density at radius 2 is 2.06 bits per heavy atom. The number of nitrogens with zero attached hydrogens (tertiary/aromatic N) is 4. The number of guanidine groups is 1. The first kappa shape index (κ1) is 22.8. The SMILES string of the molecule is CN=C(NCc1cccc(Cn2cncn2)c1)NCc1ccc(C)cc1OCC1CCOC1. The highest BCUT2D eigenvalue weighted by Crippen LogP contribution is 2.22. The summed E-state index contributed by atoms with van der Waals surface area (Å²) in [7, 11) is 1.78. The quantitative estimate of drug-likeness (QED) is 0.387. The maximum atomic E-state index is 6.16. The molecule has 174 valence electrons. The number of hydrogen-bond acceptors (Lipinski definition) is 5. The van der Waals surface area contributed by atoms with Crippen molar-refractivity contribution in [1.82, 2.24) is 25.4 Å². The average Bonchev–Trinajstić information content (AvgIpc) is 3.53. The van der Waals surface area contributed by atoms with Gasteiger partial charge in [0.25, 0.3) is 0 Å². The first-order chi connectivity index (χ1) is 16.2. The van der Waals surface area contributed by atoms with E-state index < -0.39 is 0 Å². The van der Waals surface area contributed by atoms with Crippen LogP contribution in [0, 0.1) is 12.8 Å². The molecule has 1 aliphatic heterocycles. The molecule has 1 unspecified atom stereocenters. The van der Waals surface area contributed by atoms with Crippen molar-refractivity contribution in [2.24, 2.45) is 10.9 Å². The van der Waals surface area contributed by atoms with Crippen LogP contribution in [0.4, 0.5) is 0 Å². The lowest BCUT2D eigenvalue weighted by Gasteiger charge is -2.17. The summed E-state index contributed by atoms with van der Waals surface area (Å²) < 4.78 is 13.4. The van der Waals surface area contributed by atoms with Crippen LogP contribution >= 0.6 is 0 Å². The molecule has 33 heavy (non-hydrogen) atoms. The summed E-state index contributed by atoms with van der Waals surface area (Å²) in [5.41, 5.74) is 4.65. The lowest BCUT2D eigenvalue weighted by molar-refractivity contribution is 0.166. The molecular formula is C25H32N6O2. The summed E-state index contributed by atoms with van der Waals surface area (Å²) in [6.07, 6.45) is 4.34. The largest absolute Gasteiger partial charge is 0.493 e. The fourth-order valence-electron chi connectivity index (χ4n) is 3.79. The van der Waals surface area contributed by atoms with Gasteiger partial charge >= 0.3 is 0 Å². The Bertz CT molecular complexity index is 1040. The zero-order valence-corrected chi connectivity index (χ0v) is 19.3. The van der Waals surface area contributed by atoms with Crippen LogP contribution in [0.15, 0.2) is 60.1 Å². The molecule has 0 aliphatic carbocycles. The Labute approximate surface area is 195 Å². The van der Waals surface area contributed by atoms with Gasteiger partial charge in [0, 0.05) is 38.2 Å². The van der Waals surface area contributed by atoms with Crippen molar-refractivity contribution in [2.45, 2.75) is 33.0 Å². The minimum atomic E-state index is 0.473. The smallest absolute Gasteiger partial charge is 0.191 e. The Hall–Kier alpha value is -3.39. The Kier molecular flexibility index (Phi) is 7.92. The molecule has 8 nitrogen and oxygen atoms in total. The van der Waals surface area contributed by atoms with Crippen molar-refractivity contribution in [3.63, 3.8) is 0 Å². The lowest BCUT2D eigenvalue weighted by Crippen LogP contribution is -2.36. The van der Waals surface area contributed by atoms with E-state index in [4.69, 9.17) is 9.47 Å². The molecule has 0 radical (unpaired) electrons. The molecule has 0 saturated carbocycles. The molecule has 1 aromatic heterocycles. The van der Waals surface area contributed by atoms with E-state index in [2.05, 4.69) is 75.1 Å². The third-order valence-corrected chi connectivity index (χ3v) is 5.65. The van der Waals surface area contributed by atoms with Gasteiger partial charge in [-0.2, -0.15) is 5.10 Å². The lowest BCUT2D eigenvalue weighted by atomic mass is 10.1. The number of benzene rings is 2. The second-order valence-electron chi connectivity index (χ2n) is 8.34. The van der Waals surface area contributed by atoms with E-state index >= 15 is 0 Å². The summed E-state index contributed by atoms with van der Waals surface area (Å²) in [6, 6.07) is 14.7. The van der Waals surface area contributed by atoms with Gasteiger partial charge < -0.3 is 20.1 Å². The maximum Gasteiger partial charge on any atom is 0.191 e. The average molecular weight is 449 g/mol. The second kappa shape index (κ2) is 11.5. The Morgan fingerprint density at radius 1 is 1.18 bits per heavy atom. The van der Waals surface area contributed by atoms with Crippen LogP contribution in [0.1, 0.15) is 28.7 Å². The molecule has 8 heteroatoms. The van der Waals surface area contributed by atoms with Gasteiger partial charge in [-0.3, -0.25) is 4.99 Å². The number of aryl methyl sites for hydroxylation is 1. The van der Waals surface area contributed by atoms with E-state index in [0.29, 0.717) is 32.2 Å². The predicted molar refractivity (Wildman–Crippen MR) is 128 cm³/mol. The van der Waals surface area contributed by atoms with Gasteiger partial charge in [-0.25, -0.2) is 9.67 Å². The molecule has 0 bridgehead atoms. The summed E-state index contributed by atoms with van der Waals surface area (Å²) in [5.74, 6) is 2.14. The molecule has 4 rings (SSSR count). The number of aliphatic imine (C=N–C) groups is 1. The zero-order chi connectivity index (χ0) is 22.9. The van der Waals surface area contributed by atoms with Crippen LogP contribution in [0.25, 0.3) is 0 Å². The first-order valence-electron chi connectivity index (χ1n) is 11.3. The topological polar surface area (TPSA) is 85.6 Å². The van der Waals surface area contributed by atoms with E-state index in [0.717, 1.165) is 36.9 Å². The molecule has 1 aliphatic rings. The van der Waals surface area contributed by atoms with E-state index in [1.807, 2.05) is 4.68 Å². The summed E-state index contributed by atoms with van der Waals surface area (Å²) >= 11 is 0. The molecule has 2 N–H and O–H groups in total. The van der Waals surface area contributed by atoms with Crippen LogP contribution in [0.3, 0.4) is 0 Å². The summed E-state index contributed by atoms with van der Waals surface area (Å²) in [5, 5.41) is 11.0. The first-order valence-corrected chi connectivity index (χ1v) is 11.3. The van der Waals surface area contributed by atoms with Crippen molar-refractivity contribution in [3.8, 4) is 5.75 Å². The highest BCUT2D eigenvalue weighted by atomic mass is 16.5. The van der Waals surface area contributed by atoms with Crippen LogP contribution in [0.5, 0.6) is 5.75 Å². The monoisotopic (exact) mass is 448 g/mol. The van der Waals surface area contributed by atoms with Gasteiger partial charge in [-0.15, -0.1) is 0 Å². The fourth-order valence-corrected chi connectivity index (χ4v) is 3.79. The van der Waals surface area contributed by atoms with Crippen LogP contribution in [-0.4, -0.2) is 47.6 Å². The Morgan fingerprint density at radius 3 is 2.85 bits per heavy atom. The number of ether oxygens (including phenoxy) is 2. The number of hydrogen-bond donors (Lipinski definition) is 2. The zero-order valence-electron chi connectivity index (χ0n) is 19.3. The molecule has 1 saturated heterocycles. The number of aromatic nitrogens is 3. The van der Waals surface area contributed by atoms with Gasteiger partial charge in [-0.1, -0.05) is 36.4 Å². The Balaban J connectivity index is 1.31. The summed E-state index contributed by atoms with van der Waals surface area (Å²) in [4.78, 5) is 8.37. The minimum Gasteiger partial charge on any atom is -0.493 e. The van der Waals surface area contributed by atoms with Gasteiger partial charge in [0.05, 0.1) is 19.8 Å². The van der Waals surface area contributed by atoms with Crippen molar-refractivity contribution in [1.29, 1.82) is 0 Å². The molecule has 0 amide bonds. The van der Waals surface area contributed by atoms with E-state index in [-0.39, 0.29) is 0 Å². The second-order valence-corrected chi connectivity index (χ2v) is 8.34. The molecule has 1 fully saturated rings. The summed E-state index contributed by atoms with van der Waals surface area (Å²) in [6.45, 7) is 6.39. The number of nitrogens with one attached hydrogen (secondary N) is 2. The normalized spacial score (nSPS) is 16.1. The third-order valence-electron chi connectivity index (χ3n) is 5.65. The van der Waals surface area contributed by atoms with Gasteiger partial charge in [0.15, 0.2) is 5.96 Å². The fraction of sp³-hybridized carbons (Fsp3) is 0.400. The maximum absolute atomic E-state index is 6.16. The van der Waals surface area contributed by atoms with Crippen molar-refractivity contribution in [2.75, 3.05) is 26.9 Å². The highest BCUT2D eigenvalue weighted by molar-refractivity contribution is 5.79.